The van der Waals surface area contributed by atoms with E-state index in [1.807, 2.05) is 0 Å². The summed E-state index contributed by atoms with van der Waals surface area (Å²) < 4.78 is 0. The van der Waals surface area contributed by atoms with Crippen molar-refractivity contribution in [2.75, 3.05) is 33.2 Å². The van der Waals surface area contributed by atoms with Crippen LogP contribution < -0.4 is 5.73 Å². The van der Waals surface area contributed by atoms with Crippen LogP contribution in [0.2, 0.25) is 0 Å². The summed E-state index contributed by atoms with van der Waals surface area (Å²) in [6, 6.07) is 0.657. The maximum atomic E-state index is 6.23. The van der Waals surface area contributed by atoms with E-state index in [-0.39, 0.29) is 0 Å². The fourth-order valence-corrected chi connectivity index (χ4v) is 4.36. The molecule has 19 heavy (non-hydrogen) atoms. The molecule has 1 unspecified atom stereocenters. The van der Waals surface area contributed by atoms with Crippen LogP contribution >= 0.6 is 0 Å². The molecule has 2 rings (SSSR count). The van der Waals surface area contributed by atoms with Crippen LogP contribution in [0.3, 0.4) is 0 Å². The first kappa shape index (κ1) is 15.3. The maximum absolute atomic E-state index is 6.23. The third-order valence-electron chi connectivity index (χ3n) is 5.55. The molecule has 0 aromatic carbocycles. The lowest BCUT2D eigenvalue weighted by Gasteiger charge is -2.53. The van der Waals surface area contributed by atoms with E-state index in [0.29, 0.717) is 11.6 Å². The first-order chi connectivity index (χ1) is 9.11. The number of nitrogens with zero attached hydrogens (tertiary/aromatic N) is 2. The maximum Gasteiger partial charge on any atom is 0.0335 e. The van der Waals surface area contributed by atoms with Crippen molar-refractivity contribution in [2.45, 2.75) is 64.0 Å². The molecule has 1 aliphatic heterocycles. The second-order valence-corrected chi connectivity index (χ2v) is 6.97. The molecule has 112 valence electrons. The zero-order chi connectivity index (χ0) is 13.9. The molecular weight excluding hydrogens is 234 g/mol. The molecule has 1 saturated carbocycles. The Balaban J connectivity index is 1.99. The largest absolute Gasteiger partial charge is 0.329 e. The Labute approximate surface area is 119 Å². The van der Waals surface area contributed by atoms with Gasteiger partial charge in [0.1, 0.15) is 0 Å². The highest BCUT2D eigenvalue weighted by molar-refractivity contribution is 4.99. The van der Waals surface area contributed by atoms with Crippen molar-refractivity contribution in [3.05, 3.63) is 0 Å². The quantitative estimate of drug-likeness (QED) is 0.848. The molecule has 1 atom stereocenters. The van der Waals surface area contributed by atoms with Crippen molar-refractivity contribution >= 4 is 0 Å². The minimum absolute atomic E-state index is 0.310. The molecule has 0 radical (unpaired) electrons. The lowest BCUT2D eigenvalue weighted by molar-refractivity contribution is -0.0255. The van der Waals surface area contributed by atoms with Gasteiger partial charge in [0, 0.05) is 37.8 Å². The molecule has 2 N–H and O–H groups in total. The highest BCUT2D eigenvalue weighted by Crippen LogP contribution is 2.39. The minimum Gasteiger partial charge on any atom is -0.329 e. The van der Waals surface area contributed by atoms with Gasteiger partial charge < -0.3 is 10.6 Å². The third-order valence-corrected chi connectivity index (χ3v) is 5.55. The Hall–Kier alpha value is -0.120. The first-order valence-corrected chi connectivity index (χ1v) is 8.26. The number of nitrogens with two attached hydrogens (primary N) is 1. The van der Waals surface area contributed by atoms with Gasteiger partial charge in [-0.2, -0.15) is 0 Å². The van der Waals surface area contributed by atoms with Gasteiger partial charge in [-0.05, 0) is 45.6 Å². The zero-order valence-electron chi connectivity index (χ0n) is 13.2. The van der Waals surface area contributed by atoms with Crippen LogP contribution in [0.4, 0.5) is 0 Å². The second-order valence-electron chi connectivity index (χ2n) is 6.97. The van der Waals surface area contributed by atoms with Gasteiger partial charge in [0.25, 0.3) is 0 Å². The second kappa shape index (κ2) is 6.55. The van der Waals surface area contributed by atoms with Gasteiger partial charge in [0.15, 0.2) is 0 Å². The van der Waals surface area contributed by atoms with Gasteiger partial charge in [-0.3, -0.25) is 4.90 Å². The predicted octanol–water partition coefficient (Wildman–Crippen LogP) is 2.31. The molecule has 0 amide bonds. The van der Waals surface area contributed by atoms with Gasteiger partial charge in [0.2, 0.25) is 0 Å². The van der Waals surface area contributed by atoms with Crippen LogP contribution in [0.1, 0.15) is 52.4 Å². The predicted molar refractivity (Wildman–Crippen MR) is 82.3 cm³/mol. The van der Waals surface area contributed by atoms with Gasteiger partial charge >= 0.3 is 0 Å². The molecule has 0 bridgehead atoms. The molecule has 2 aliphatic rings. The van der Waals surface area contributed by atoms with Crippen LogP contribution in [0.25, 0.3) is 0 Å². The van der Waals surface area contributed by atoms with E-state index in [9.17, 15) is 0 Å². The molecule has 2 fully saturated rings. The van der Waals surface area contributed by atoms with Crippen molar-refractivity contribution in [3.63, 3.8) is 0 Å². The summed E-state index contributed by atoms with van der Waals surface area (Å²) in [5.41, 5.74) is 6.54. The number of likely N-dealkylation sites (N-methyl/N-ethyl adjacent to an activating group) is 1. The summed E-state index contributed by atoms with van der Waals surface area (Å²) in [4.78, 5) is 5.20. The Morgan fingerprint density at radius 3 is 2.42 bits per heavy atom. The third kappa shape index (κ3) is 3.32. The Morgan fingerprint density at radius 2 is 1.89 bits per heavy atom. The molecule has 3 heteroatoms. The van der Waals surface area contributed by atoms with E-state index in [2.05, 4.69) is 30.7 Å². The average molecular weight is 267 g/mol. The van der Waals surface area contributed by atoms with Crippen molar-refractivity contribution in [1.82, 2.24) is 9.80 Å². The van der Waals surface area contributed by atoms with E-state index in [0.717, 1.165) is 12.5 Å². The topological polar surface area (TPSA) is 32.5 Å². The molecule has 3 nitrogen and oxygen atoms in total. The van der Waals surface area contributed by atoms with Crippen molar-refractivity contribution in [1.29, 1.82) is 0 Å². The van der Waals surface area contributed by atoms with Gasteiger partial charge in [-0.1, -0.05) is 19.8 Å². The minimum atomic E-state index is 0.310. The lowest BCUT2D eigenvalue weighted by atomic mass is 9.73. The van der Waals surface area contributed by atoms with Crippen LogP contribution in [0.5, 0.6) is 0 Å². The average Bonchev–Trinajstić information content (AvgIpc) is 2.40. The van der Waals surface area contributed by atoms with E-state index in [1.165, 1.54) is 58.2 Å². The summed E-state index contributed by atoms with van der Waals surface area (Å²) in [5, 5.41) is 0. The van der Waals surface area contributed by atoms with Gasteiger partial charge in [-0.15, -0.1) is 0 Å². The van der Waals surface area contributed by atoms with E-state index in [4.69, 9.17) is 5.73 Å². The van der Waals surface area contributed by atoms with E-state index in [1.54, 1.807) is 0 Å². The summed E-state index contributed by atoms with van der Waals surface area (Å²) in [6.07, 6.45) is 8.18. The van der Waals surface area contributed by atoms with E-state index < -0.39 is 0 Å². The van der Waals surface area contributed by atoms with Crippen LogP contribution in [-0.4, -0.2) is 54.6 Å². The molecule has 0 spiro atoms. The Bertz CT molecular complexity index is 271. The smallest absolute Gasteiger partial charge is 0.0335 e. The Kier molecular flexibility index (Phi) is 5.27. The van der Waals surface area contributed by atoms with Crippen LogP contribution in [-0.2, 0) is 0 Å². The molecular formula is C16H33N3. The standard InChI is InChI=1S/C16H33N3/c1-4-5-15-6-8-16(13-17,9-7-15)19-11-10-18(3)12-14(19)2/h14-15H,4-13,17H2,1-3H3. The number of piperazine rings is 1. The molecule has 1 saturated heterocycles. The first-order valence-electron chi connectivity index (χ1n) is 8.26. The van der Waals surface area contributed by atoms with Crippen molar-refractivity contribution < 1.29 is 0 Å². The Morgan fingerprint density at radius 1 is 1.21 bits per heavy atom. The summed E-state index contributed by atoms with van der Waals surface area (Å²) in [7, 11) is 2.24. The molecule has 1 heterocycles. The van der Waals surface area contributed by atoms with E-state index >= 15 is 0 Å². The highest BCUT2D eigenvalue weighted by Gasteiger charge is 2.42. The fraction of sp³-hybridized carbons (Fsp3) is 1.00. The molecule has 0 aromatic rings. The SMILES string of the molecule is CCCC1CCC(CN)(N2CCN(C)CC2C)CC1. The fourth-order valence-electron chi connectivity index (χ4n) is 4.36. The van der Waals surface area contributed by atoms with Gasteiger partial charge in [0.05, 0.1) is 0 Å². The van der Waals surface area contributed by atoms with Crippen LogP contribution in [0, 0.1) is 5.92 Å². The summed E-state index contributed by atoms with van der Waals surface area (Å²) in [5.74, 6) is 0.965. The molecule has 0 aromatic heterocycles. The van der Waals surface area contributed by atoms with Crippen LogP contribution in [0.15, 0.2) is 0 Å². The van der Waals surface area contributed by atoms with Gasteiger partial charge in [-0.25, -0.2) is 0 Å². The number of rotatable bonds is 4. The normalized spacial score (nSPS) is 38.5. The number of hydrogen-bond acceptors (Lipinski definition) is 3. The summed E-state index contributed by atoms with van der Waals surface area (Å²) in [6.45, 7) is 9.14. The number of hydrogen-bond donors (Lipinski definition) is 1. The summed E-state index contributed by atoms with van der Waals surface area (Å²) >= 11 is 0. The lowest BCUT2D eigenvalue weighted by Crippen LogP contribution is -2.64. The van der Waals surface area contributed by atoms with Crippen molar-refractivity contribution in [3.8, 4) is 0 Å². The zero-order valence-corrected chi connectivity index (χ0v) is 13.2. The van der Waals surface area contributed by atoms with Crippen molar-refractivity contribution in [2.24, 2.45) is 11.7 Å². The monoisotopic (exact) mass is 267 g/mol. The molecule has 1 aliphatic carbocycles. The highest BCUT2D eigenvalue weighted by atomic mass is 15.3.